The van der Waals surface area contributed by atoms with E-state index in [2.05, 4.69) is 82.1 Å². The molecule has 0 aromatic heterocycles. The Kier molecular flexibility index (Phi) is 5.32. The normalized spacial score (nSPS) is 14.6. The van der Waals surface area contributed by atoms with Crippen LogP contribution in [0.15, 0.2) is 45.3 Å². The van der Waals surface area contributed by atoms with Crippen molar-refractivity contribution in [2.45, 2.75) is 57.8 Å². The summed E-state index contributed by atoms with van der Waals surface area (Å²) in [5.41, 5.74) is 6.12. The van der Waals surface area contributed by atoms with E-state index in [9.17, 15) is 0 Å². The third kappa shape index (κ3) is 3.05. The van der Waals surface area contributed by atoms with Crippen molar-refractivity contribution in [1.29, 1.82) is 0 Å². The van der Waals surface area contributed by atoms with E-state index in [1.807, 2.05) is 0 Å². The van der Waals surface area contributed by atoms with E-state index < -0.39 is 0 Å². The van der Waals surface area contributed by atoms with E-state index >= 15 is 0 Å². The van der Waals surface area contributed by atoms with Crippen molar-refractivity contribution in [2.75, 3.05) is 0 Å². The molecule has 0 fully saturated rings. The number of rotatable bonds is 6. The maximum Gasteiger partial charge on any atom is 0.0215 e. The summed E-state index contributed by atoms with van der Waals surface area (Å²) in [4.78, 5) is 0. The summed E-state index contributed by atoms with van der Waals surface area (Å²) in [7, 11) is 0. The molecule has 0 atom stereocenters. The van der Waals surface area contributed by atoms with Crippen LogP contribution in [0.4, 0.5) is 0 Å². The Bertz CT molecular complexity index is 695. The summed E-state index contributed by atoms with van der Waals surface area (Å²) in [6, 6.07) is 13.7. The van der Waals surface area contributed by atoms with Crippen LogP contribution in [0.1, 0.15) is 63.5 Å². The third-order valence-electron chi connectivity index (χ3n) is 5.20. The van der Waals surface area contributed by atoms with Gasteiger partial charge in [-0.25, -0.2) is 0 Å². The van der Waals surface area contributed by atoms with Gasteiger partial charge >= 0.3 is 0 Å². The predicted molar refractivity (Wildman–Crippen MR) is 107 cm³/mol. The minimum absolute atomic E-state index is 0.196. The van der Waals surface area contributed by atoms with Crippen LogP contribution >= 0.6 is 31.9 Å². The Morgan fingerprint density at radius 2 is 1.35 bits per heavy atom. The van der Waals surface area contributed by atoms with Gasteiger partial charge in [-0.1, -0.05) is 83.5 Å². The molecule has 0 amide bonds. The molecule has 3 rings (SSSR count). The second-order valence-corrected chi connectivity index (χ2v) is 8.50. The van der Waals surface area contributed by atoms with Crippen LogP contribution in [-0.4, -0.2) is 0 Å². The van der Waals surface area contributed by atoms with Gasteiger partial charge in [0.1, 0.15) is 0 Å². The number of hydrogen-bond acceptors (Lipinski definition) is 0. The maximum atomic E-state index is 3.70. The molecule has 122 valence electrons. The van der Waals surface area contributed by atoms with Crippen LogP contribution in [-0.2, 0) is 5.41 Å². The van der Waals surface area contributed by atoms with Crippen molar-refractivity contribution in [3.8, 4) is 11.1 Å². The average molecular weight is 436 g/mol. The molecule has 0 saturated carbocycles. The topological polar surface area (TPSA) is 0 Å². The molecule has 0 heterocycles. The number of halogens is 2. The molecule has 1 aliphatic carbocycles. The van der Waals surface area contributed by atoms with E-state index in [0.717, 1.165) is 0 Å². The lowest BCUT2D eigenvalue weighted by molar-refractivity contribution is 0.414. The van der Waals surface area contributed by atoms with Gasteiger partial charge < -0.3 is 0 Å². The Balaban J connectivity index is 2.22. The van der Waals surface area contributed by atoms with Gasteiger partial charge in [0.2, 0.25) is 0 Å². The number of benzene rings is 2. The molecular formula is C21H24Br2. The van der Waals surface area contributed by atoms with E-state index in [1.165, 1.54) is 69.7 Å². The first-order chi connectivity index (χ1) is 11.1. The minimum atomic E-state index is 0.196. The molecule has 0 spiro atoms. The zero-order valence-electron chi connectivity index (χ0n) is 14.0. The Morgan fingerprint density at radius 3 is 2.00 bits per heavy atom. The minimum Gasteiger partial charge on any atom is -0.0654 e. The smallest absolute Gasteiger partial charge is 0.0215 e. The molecule has 23 heavy (non-hydrogen) atoms. The molecule has 2 heteroatoms. The summed E-state index contributed by atoms with van der Waals surface area (Å²) >= 11 is 7.37. The first-order valence-corrected chi connectivity index (χ1v) is 10.3. The molecule has 0 saturated heterocycles. The van der Waals surface area contributed by atoms with Gasteiger partial charge in [0.15, 0.2) is 0 Å². The zero-order chi connectivity index (χ0) is 16.4. The van der Waals surface area contributed by atoms with Gasteiger partial charge in [0, 0.05) is 14.4 Å². The first kappa shape index (κ1) is 17.2. The van der Waals surface area contributed by atoms with Crippen LogP contribution in [0.2, 0.25) is 0 Å². The molecule has 0 nitrogen and oxygen atoms in total. The van der Waals surface area contributed by atoms with Crippen LogP contribution in [0, 0.1) is 0 Å². The van der Waals surface area contributed by atoms with Gasteiger partial charge in [0.05, 0.1) is 0 Å². The molecular weight excluding hydrogens is 412 g/mol. The first-order valence-electron chi connectivity index (χ1n) is 8.73. The van der Waals surface area contributed by atoms with Crippen LogP contribution < -0.4 is 0 Å². The molecule has 2 aromatic carbocycles. The SMILES string of the molecule is CCCCC1(CCCC)c2ccc(Br)cc2-c2ccc(Br)cc21. The second kappa shape index (κ2) is 7.11. The third-order valence-corrected chi connectivity index (χ3v) is 6.19. The van der Waals surface area contributed by atoms with Crippen molar-refractivity contribution in [2.24, 2.45) is 0 Å². The van der Waals surface area contributed by atoms with Gasteiger partial charge in [-0.2, -0.15) is 0 Å². The summed E-state index contributed by atoms with van der Waals surface area (Å²) in [5, 5.41) is 0. The number of unbranched alkanes of at least 4 members (excludes halogenated alkanes) is 2. The maximum absolute atomic E-state index is 3.70. The lowest BCUT2D eigenvalue weighted by Crippen LogP contribution is -2.25. The van der Waals surface area contributed by atoms with Crippen molar-refractivity contribution in [3.63, 3.8) is 0 Å². The summed E-state index contributed by atoms with van der Waals surface area (Å²) < 4.78 is 2.37. The Labute approximate surface area is 157 Å². The molecule has 0 aliphatic heterocycles. The van der Waals surface area contributed by atoms with Gasteiger partial charge in [-0.3, -0.25) is 0 Å². The lowest BCUT2D eigenvalue weighted by atomic mass is 9.71. The van der Waals surface area contributed by atoms with E-state index in [1.54, 1.807) is 0 Å². The highest BCUT2D eigenvalue weighted by Crippen LogP contribution is 2.55. The fraction of sp³-hybridized carbons (Fsp3) is 0.429. The summed E-state index contributed by atoms with van der Waals surface area (Å²) in [6.45, 7) is 4.60. The van der Waals surface area contributed by atoms with E-state index in [4.69, 9.17) is 0 Å². The predicted octanol–water partition coefficient (Wildman–Crippen LogP) is 7.86. The van der Waals surface area contributed by atoms with Crippen LogP contribution in [0.5, 0.6) is 0 Å². The van der Waals surface area contributed by atoms with Crippen molar-refractivity contribution >= 4 is 31.9 Å². The summed E-state index contributed by atoms with van der Waals surface area (Å²) in [5.74, 6) is 0. The van der Waals surface area contributed by atoms with Crippen molar-refractivity contribution < 1.29 is 0 Å². The van der Waals surface area contributed by atoms with E-state index in [0.29, 0.717) is 0 Å². The molecule has 0 radical (unpaired) electrons. The van der Waals surface area contributed by atoms with Crippen molar-refractivity contribution in [3.05, 3.63) is 56.5 Å². The van der Waals surface area contributed by atoms with Gasteiger partial charge in [-0.15, -0.1) is 0 Å². The van der Waals surface area contributed by atoms with Crippen molar-refractivity contribution in [1.82, 2.24) is 0 Å². The van der Waals surface area contributed by atoms with Crippen LogP contribution in [0.25, 0.3) is 11.1 Å². The standard InChI is InChI=1S/C21H24Br2/c1-3-5-11-21(12-6-4-2)19-10-8-15(22)13-18(19)17-9-7-16(23)14-20(17)21/h7-10,13-14H,3-6,11-12H2,1-2H3. The highest BCUT2D eigenvalue weighted by molar-refractivity contribution is 9.10. The largest absolute Gasteiger partial charge is 0.0654 e. The average Bonchev–Trinajstić information content (AvgIpc) is 2.80. The molecule has 0 unspecified atom stereocenters. The highest BCUT2D eigenvalue weighted by Gasteiger charge is 2.42. The van der Waals surface area contributed by atoms with E-state index in [-0.39, 0.29) is 5.41 Å². The van der Waals surface area contributed by atoms with Gasteiger partial charge in [-0.05, 0) is 59.4 Å². The molecule has 0 bridgehead atoms. The summed E-state index contributed by atoms with van der Waals surface area (Å²) in [6.07, 6.45) is 7.58. The highest BCUT2D eigenvalue weighted by atomic mass is 79.9. The molecule has 1 aliphatic rings. The van der Waals surface area contributed by atoms with Gasteiger partial charge in [0.25, 0.3) is 0 Å². The lowest BCUT2D eigenvalue weighted by Gasteiger charge is -2.32. The quantitative estimate of drug-likeness (QED) is 0.433. The fourth-order valence-electron chi connectivity index (χ4n) is 4.07. The zero-order valence-corrected chi connectivity index (χ0v) is 17.1. The number of hydrogen-bond donors (Lipinski definition) is 0. The Morgan fingerprint density at radius 1 is 0.739 bits per heavy atom. The number of fused-ring (bicyclic) bond motifs is 3. The van der Waals surface area contributed by atoms with Crippen LogP contribution in [0.3, 0.4) is 0 Å². The Hall–Kier alpha value is -0.600. The monoisotopic (exact) mass is 434 g/mol. The fourth-order valence-corrected chi connectivity index (χ4v) is 4.79. The second-order valence-electron chi connectivity index (χ2n) is 6.67. The molecule has 0 N–H and O–H groups in total. The molecule has 2 aromatic rings.